The number of aromatic nitrogens is 2. The number of carbonyl (C=O) groups excluding carboxylic acids is 1. The predicted octanol–water partition coefficient (Wildman–Crippen LogP) is 12.1. The van der Waals surface area contributed by atoms with E-state index in [0.29, 0.717) is 33.6 Å². The van der Waals surface area contributed by atoms with Gasteiger partial charge < -0.3 is 5.11 Å². The van der Waals surface area contributed by atoms with E-state index in [2.05, 4.69) is 89.2 Å². The summed E-state index contributed by atoms with van der Waals surface area (Å²) in [6, 6.07) is 21.1. The van der Waals surface area contributed by atoms with Gasteiger partial charge in [-0.3, -0.25) is 9.78 Å². The van der Waals surface area contributed by atoms with Gasteiger partial charge in [0.2, 0.25) is 0 Å². The van der Waals surface area contributed by atoms with E-state index in [9.17, 15) is 36.2 Å². The van der Waals surface area contributed by atoms with Crippen LogP contribution < -0.4 is 0 Å². The number of fused-ring (bicyclic) bond motifs is 4. The minimum atomic E-state index is -4.93. The average molecular weight is 908 g/mol. The van der Waals surface area contributed by atoms with Gasteiger partial charge in [-0.1, -0.05) is 82.0 Å². The Morgan fingerprint density at radius 2 is 1.43 bits per heavy atom. The molecule has 0 saturated heterocycles. The van der Waals surface area contributed by atoms with Crippen LogP contribution in [0.1, 0.15) is 73.4 Å². The minimum absolute atomic E-state index is 0. The summed E-state index contributed by atoms with van der Waals surface area (Å²) >= 11 is 1.83. The summed E-state index contributed by atoms with van der Waals surface area (Å²) in [5.41, 5.74) is 0.165. The summed E-state index contributed by atoms with van der Waals surface area (Å²) < 4.78 is 77.6. The zero-order chi connectivity index (χ0) is 37.6. The first kappa shape index (κ1) is 42.1. The molecule has 0 aliphatic rings. The van der Waals surface area contributed by atoms with E-state index >= 15 is 0 Å². The van der Waals surface area contributed by atoms with E-state index in [0.717, 1.165) is 33.3 Å². The van der Waals surface area contributed by atoms with Crippen molar-refractivity contribution in [2.45, 2.75) is 86.5 Å². The summed E-state index contributed by atoms with van der Waals surface area (Å²) in [6.45, 7) is 13.5. The van der Waals surface area contributed by atoms with Crippen LogP contribution in [0.15, 0.2) is 66.7 Å². The van der Waals surface area contributed by atoms with Crippen molar-refractivity contribution in [1.29, 1.82) is 0 Å². The third-order valence-corrected chi connectivity index (χ3v) is 10.0. The second-order valence-electron chi connectivity index (χ2n) is 14.9. The molecule has 5 rings (SSSR count). The number of halogens is 6. The van der Waals surface area contributed by atoms with Gasteiger partial charge in [-0.05, 0) is 51.0 Å². The van der Waals surface area contributed by atoms with Crippen molar-refractivity contribution in [2.24, 2.45) is 16.7 Å². The van der Waals surface area contributed by atoms with Crippen molar-refractivity contribution in [3.63, 3.8) is 0 Å². The number of carbonyl (C=O) groups is 1. The number of ketones is 1. The molecule has 12 heteroatoms. The Morgan fingerprint density at radius 3 is 2.00 bits per heavy atom. The monoisotopic (exact) mass is 908 g/mol. The molecule has 0 amide bonds. The number of alkyl halides is 6. The topological polar surface area (TPSA) is 63.1 Å². The Morgan fingerprint density at radius 1 is 0.843 bits per heavy atom. The Bertz CT molecular complexity index is 2070. The minimum Gasteiger partial charge on any atom is -0.511 e. The van der Waals surface area contributed by atoms with Crippen LogP contribution in [0.3, 0.4) is 0 Å². The number of hydrogen-bond donors (Lipinski definition) is 1. The fraction of sp³-hybridized carbons (Fsp3) is 0.410. The zero-order valence-electron chi connectivity index (χ0n) is 29.8. The van der Waals surface area contributed by atoms with Crippen LogP contribution in [0.25, 0.3) is 42.3 Å². The van der Waals surface area contributed by atoms with E-state index in [1.807, 2.05) is 11.3 Å². The first-order valence-electron chi connectivity index (χ1n) is 16.1. The maximum absolute atomic E-state index is 12.5. The van der Waals surface area contributed by atoms with Gasteiger partial charge in [0.15, 0.2) is 5.78 Å². The molecule has 2 heterocycles. The molecule has 2 aromatic heterocycles. The molecule has 1 radical (unpaired) electrons. The first-order valence-corrected chi connectivity index (χ1v) is 16.9. The molecule has 0 aliphatic heterocycles. The molecule has 0 saturated carbocycles. The molecule has 0 spiro atoms. The molecular formula is C39H41F6IrN2O2S-. The molecule has 3 aromatic carbocycles. The number of rotatable bonds is 6. The van der Waals surface area contributed by atoms with Gasteiger partial charge in [-0.15, -0.1) is 40.5 Å². The summed E-state index contributed by atoms with van der Waals surface area (Å²) in [6.07, 6.45) is -7.05. The normalized spacial score (nSPS) is 13.4. The molecule has 1 N–H and O–H groups in total. The average Bonchev–Trinajstić information content (AvgIpc) is 3.39. The van der Waals surface area contributed by atoms with Gasteiger partial charge in [0.05, 0.1) is 5.52 Å². The van der Waals surface area contributed by atoms with E-state index in [1.54, 1.807) is 6.33 Å². The van der Waals surface area contributed by atoms with Crippen molar-refractivity contribution < 1.29 is 56.3 Å². The van der Waals surface area contributed by atoms with Crippen LogP contribution in [0.4, 0.5) is 26.3 Å². The smallest absolute Gasteiger partial charge is 0.401 e. The SMILES string of the molecule is CC(C)(C(=O)/C=C(\O)C(C)(C)C(F)(F)F)C(F)(F)F.CC(C)Cc1cccc2c1sc1c(-c3[c-]c4ccccc4c(C(C)(C)C)c3)ncnc12.[Ir]. The van der Waals surface area contributed by atoms with Gasteiger partial charge in [-0.2, -0.15) is 26.3 Å². The van der Waals surface area contributed by atoms with E-state index in [-0.39, 0.29) is 31.6 Å². The van der Waals surface area contributed by atoms with E-state index < -0.39 is 34.7 Å². The molecule has 0 bridgehead atoms. The van der Waals surface area contributed by atoms with Crippen LogP contribution in [0, 0.1) is 22.8 Å². The Kier molecular flexibility index (Phi) is 12.3. The van der Waals surface area contributed by atoms with Crippen LogP contribution in [-0.2, 0) is 36.7 Å². The molecule has 0 unspecified atom stereocenters. The van der Waals surface area contributed by atoms with Gasteiger partial charge >= 0.3 is 12.4 Å². The molecule has 51 heavy (non-hydrogen) atoms. The van der Waals surface area contributed by atoms with E-state index in [4.69, 9.17) is 9.97 Å². The molecular weight excluding hydrogens is 867 g/mol. The number of hydrogen-bond acceptors (Lipinski definition) is 5. The van der Waals surface area contributed by atoms with Gasteiger partial charge in [0, 0.05) is 46.7 Å². The van der Waals surface area contributed by atoms with Gasteiger partial charge in [0.25, 0.3) is 0 Å². The number of aliphatic hydroxyl groups excluding tert-OH is 1. The van der Waals surface area contributed by atoms with Crippen molar-refractivity contribution >= 4 is 48.2 Å². The molecule has 0 aliphatic carbocycles. The quantitative estimate of drug-likeness (QED) is 0.0798. The molecule has 0 atom stereocenters. The van der Waals surface area contributed by atoms with Crippen molar-refractivity contribution in [2.75, 3.05) is 0 Å². The molecule has 4 nitrogen and oxygen atoms in total. The number of aliphatic hydroxyl groups is 1. The second-order valence-corrected chi connectivity index (χ2v) is 15.9. The van der Waals surface area contributed by atoms with Crippen LogP contribution >= 0.6 is 11.3 Å². The Hall–Kier alpha value is -3.34. The Labute approximate surface area is 311 Å². The third kappa shape index (κ3) is 8.66. The van der Waals surface area contributed by atoms with Gasteiger partial charge in [-0.25, -0.2) is 4.98 Å². The van der Waals surface area contributed by atoms with Crippen molar-refractivity contribution in [3.8, 4) is 11.3 Å². The standard InChI is InChI=1S/C28H27N2S.C11H14F6O2.Ir/c1-17(2)13-19-10-8-12-22-25-27(31-26(19)22)24(29-16-30-25)20-14-18-9-6-7-11-21(18)23(15-20)28(3,4)5;1-8(2,10(12,13)14)6(18)5-7(19)9(3,4)11(15,16)17;/h6-12,15-17H,13H2,1-5H3;5,18H,1-4H3;/q-1;;/b;6-5-;. The predicted molar refractivity (Wildman–Crippen MR) is 189 cm³/mol. The first-order chi connectivity index (χ1) is 22.9. The van der Waals surface area contributed by atoms with Crippen LogP contribution in [0.2, 0.25) is 0 Å². The van der Waals surface area contributed by atoms with Crippen LogP contribution in [0.5, 0.6) is 0 Å². The summed E-state index contributed by atoms with van der Waals surface area (Å²) in [7, 11) is 0. The number of thiophene rings is 1. The number of allylic oxidation sites excluding steroid dienone is 2. The van der Waals surface area contributed by atoms with Crippen LogP contribution in [-0.4, -0.2) is 33.2 Å². The number of benzene rings is 3. The van der Waals surface area contributed by atoms with E-state index in [1.165, 1.54) is 26.6 Å². The molecule has 277 valence electrons. The molecule has 0 fully saturated rings. The number of nitrogens with zero attached hydrogens (tertiary/aromatic N) is 2. The largest absolute Gasteiger partial charge is 0.511 e. The summed E-state index contributed by atoms with van der Waals surface area (Å²) in [4.78, 5) is 20.8. The zero-order valence-corrected chi connectivity index (χ0v) is 33.0. The van der Waals surface area contributed by atoms with Crippen molar-refractivity contribution in [3.05, 3.63) is 83.9 Å². The summed E-state index contributed by atoms with van der Waals surface area (Å²) in [5, 5.41) is 12.9. The van der Waals surface area contributed by atoms with Crippen molar-refractivity contribution in [1.82, 2.24) is 9.97 Å². The maximum Gasteiger partial charge on any atom is 0.401 e. The Balaban J connectivity index is 0.000000306. The maximum atomic E-state index is 12.5. The van der Waals surface area contributed by atoms with Gasteiger partial charge in [0.1, 0.15) is 22.9 Å². The molecule has 5 aromatic rings. The second kappa shape index (κ2) is 15.0. The fourth-order valence-corrected chi connectivity index (χ4v) is 6.48. The third-order valence-electron chi connectivity index (χ3n) is 8.77. The fourth-order valence-electron chi connectivity index (χ4n) is 5.20. The summed E-state index contributed by atoms with van der Waals surface area (Å²) in [5.74, 6) is -2.48.